The van der Waals surface area contributed by atoms with Gasteiger partial charge in [-0.1, -0.05) is 5.16 Å². The van der Waals surface area contributed by atoms with E-state index < -0.39 is 0 Å². The lowest BCUT2D eigenvalue weighted by Crippen LogP contribution is -2.24. The molecule has 1 aliphatic rings. The quantitative estimate of drug-likeness (QED) is 0.228. The Morgan fingerprint density at radius 2 is 2.31 bits per heavy atom. The third-order valence-electron chi connectivity index (χ3n) is 2.68. The van der Waals surface area contributed by atoms with E-state index in [1.807, 2.05) is 0 Å². The Labute approximate surface area is 96.6 Å². The molecule has 3 N–H and O–H groups in total. The summed E-state index contributed by atoms with van der Waals surface area (Å²) in [6.45, 7) is 2.29. The first-order valence-corrected chi connectivity index (χ1v) is 5.98. The topological polar surface area (TPSA) is 77.1 Å². The average Bonchev–Trinajstić information content (AvgIpc) is 2.34. The number of ether oxygens (including phenoxy) is 2. The lowest BCUT2D eigenvalue weighted by Gasteiger charge is -2.22. The molecule has 1 rings (SSSR count). The Morgan fingerprint density at radius 3 is 3.00 bits per heavy atom. The maximum absolute atomic E-state index is 8.32. The Morgan fingerprint density at radius 1 is 1.44 bits per heavy atom. The molecule has 0 aromatic heterocycles. The molecule has 1 aliphatic heterocycles. The number of nitrogens with two attached hydrogens (primary N) is 1. The van der Waals surface area contributed by atoms with Crippen LogP contribution in [0.4, 0.5) is 0 Å². The zero-order valence-electron chi connectivity index (χ0n) is 9.73. The van der Waals surface area contributed by atoms with E-state index in [1.165, 1.54) is 12.8 Å². The minimum Gasteiger partial charge on any atom is -0.409 e. The smallest absolute Gasteiger partial charge is 0.139 e. The van der Waals surface area contributed by atoms with Crippen molar-refractivity contribution in [2.45, 2.75) is 44.6 Å². The van der Waals surface area contributed by atoms with Crippen molar-refractivity contribution in [3.05, 3.63) is 0 Å². The maximum atomic E-state index is 8.32. The normalized spacial score (nSPS) is 22.2. The molecule has 1 unspecified atom stereocenters. The van der Waals surface area contributed by atoms with Gasteiger partial charge < -0.3 is 20.4 Å². The Kier molecular flexibility index (Phi) is 6.92. The molecule has 5 heteroatoms. The molecule has 0 spiro atoms. The first-order chi connectivity index (χ1) is 7.83. The fourth-order valence-corrected chi connectivity index (χ4v) is 1.71. The van der Waals surface area contributed by atoms with E-state index in [4.69, 9.17) is 20.4 Å². The van der Waals surface area contributed by atoms with Crippen LogP contribution in [0.15, 0.2) is 5.16 Å². The minimum atomic E-state index is 0.288. The van der Waals surface area contributed by atoms with Gasteiger partial charge in [-0.15, -0.1) is 0 Å². The van der Waals surface area contributed by atoms with E-state index in [0.717, 1.165) is 32.5 Å². The maximum Gasteiger partial charge on any atom is 0.139 e. The van der Waals surface area contributed by atoms with Crippen LogP contribution in [-0.4, -0.2) is 37.0 Å². The molecule has 0 saturated carbocycles. The summed E-state index contributed by atoms with van der Waals surface area (Å²) < 4.78 is 11.1. The van der Waals surface area contributed by atoms with Crippen molar-refractivity contribution >= 4 is 5.84 Å². The van der Waals surface area contributed by atoms with Gasteiger partial charge in [-0.3, -0.25) is 0 Å². The van der Waals surface area contributed by atoms with Crippen molar-refractivity contribution in [1.29, 1.82) is 0 Å². The lowest BCUT2D eigenvalue weighted by atomic mass is 10.1. The molecule has 1 atom stereocenters. The number of rotatable bonds is 7. The zero-order valence-corrected chi connectivity index (χ0v) is 9.73. The fourth-order valence-electron chi connectivity index (χ4n) is 1.71. The van der Waals surface area contributed by atoms with E-state index in [9.17, 15) is 0 Å². The summed E-state index contributed by atoms with van der Waals surface area (Å²) in [5.74, 6) is 0.288. The van der Waals surface area contributed by atoms with Gasteiger partial charge in [0.15, 0.2) is 0 Å². The first-order valence-electron chi connectivity index (χ1n) is 5.98. The number of hydrogen-bond donors (Lipinski definition) is 2. The van der Waals surface area contributed by atoms with Gasteiger partial charge >= 0.3 is 0 Å². The molecule has 16 heavy (non-hydrogen) atoms. The van der Waals surface area contributed by atoms with Crippen LogP contribution in [-0.2, 0) is 9.47 Å². The second-order valence-electron chi connectivity index (χ2n) is 4.11. The summed E-state index contributed by atoms with van der Waals surface area (Å²) in [6, 6.07) is 0. The molecule has 1 fully saturated rings. The van der Waals surface area contributed by atoms with E-state index in [2.05, 4.69) is 5.16 Å². The third-order valence-corrected chi connectivity index (χ3v) is 2.68. The molecule has 94 valence electrons. The van der Waals surface area contributed by atoms with Crippen molar-refractivity contribution in [3.63, 3.8) is 0 Å². The van der Waals surface area contributed by atoms with Crippen molar-refractivity contribution in [1.82, 2.24) is 0 Å². The molecule has 0 bridgehead atoms. The van der Waals surface area contributed by atoms with Gasteiger partial charge in [-0.25, -0.2) is 0 Å². The first kappa shape index (κ1) is 13.3. The molecular formula is C11H22N2O3. The van der Waals surface area contributed by atoms with Gasteiger partial charge in [0.25, 0.3) is 0 Å². The molecule has 0 amide bonds. The van der Waals surface area contributed by atoms with Gasteiger partial charge in [0.2, 0.25) is 0 Å². The van der Waals surface area contributed by atoms with E-state index in [-0.39, 0.29) is 11.9 Å². The summed E-state index contributed by atoms with van der Waals surface area (Å²) in [4.78, 5) is 0. The number of amidine groups is 1. The van der Waals surface area contributed by atoms with Crippen LogP contribution in [0.3, 0.4) is 0 Å². The second-order valence-corrected chi connectivity index (χ2v) is 4.11. The monoisotopic (exact) mass is 230 g/mol. The van der Waals surface area contributed by atoms with Gasteiger partial charge in [-0.2, -0.15) is 0 Å². The predicted molar refractivity (Wildman–Crippen MR) is 61.7 cm³/mol. The van der Waals surface area contributed by atoms with Crippen LogP contribution >= 0.6 is 0 Å². The summed E-state index contributed by atoms with van der Waals surface area (Å²) in [5.41, 5.74) is 5.34. The van der Waals surface area contributed by atoms with E-state index in [1.54, 1.807) is 0 Å². The van der Waals surface area contributed by atoms with Gasteiger partial charge in [-0.05, 0) is 32.1 Å². The molecule has 0 aromatic rings. The van der Waals surface area contributed by atoms with Crippen molar-refractivity contribution in [3.8, 4) is 0 Å². The molecule has 0 aliphatic carbocycles. The molecule has 5 nitrogen and oxygen atoms in total. The largest absolute Gasteiger partial charge is 0.409 e. The van der Waals surface area contributed by atoms with Gasteiger partial charge in [0, 0.05) is 19.6 Å². The highest BCUT2D eigenvalue weighted by Crippen LogP contribution is 2.12. The summed E-state index contributed by atoms with van der Waals surface area (Å²) >= 11 is 0. The molecular weight excluding hydrogens is 208 g/mol. The number of oxime groups is 1. The van der Waals surface area contributed by atoms with Crippen LogP contribution in [0.5, 0.6) is 0 Å². The highest BCUT2D eigenvalue weighted by Gasteiger charge is 2.13. The van der Waals surface area contributed by atoms with Crippen molar-refractivity contribution < 1.29 is 14.7 Å². The van der Waals surface area contributed by atoms with Gasteiger partial charge in [0.1, 0.15) is 5.84 Å². The molecule has 1 heterocycles. The minimum absolute atomic E-state index is 0.288. The average molecular weight is 230 g/mol. The Bertz CT molecular complexity index is 203. The van der Waals surface area contributed by atoms with Crippen LogP contribution < -0.4 is 5.73 Å². The zero-order chi connectivity index (χ0) is 11.6. The fraction of sp³-hybridized carbons (Fsp3) is 0.909. The predicted octanol–water partition coefficient (Wildman–Crippen LogP) is 1.49. The van der Waals surface area contributed by atoms with Gasteiger partial charge in [0.05, 0.1) is 12.7 Å². The second kappa shape index (κ2) is 8.35. The van der Waals surface area contributed by atoms with E-state index >= 15 is 0 Å². The number of hydrogen-bond acceptors (Lipinski definition) is 4. The highest BCUT2D eigenvalue weighted by atomic mass is 16.5. The molecule has 0 aromatic carbocycles. The summed E-state index contributed by atoms with van der Waals surface area (Å²) in [5, 5.41) is 11.2. The SMILES string of the molecule is NC(CCCCOCC1CCCCO1)=NO. The molecule has 0 radical (unpaired) electrons. The standard InChI is InChI=1S/C11H22N2O3/c12-11(13-14)6-2-3-7-15-9-10-5-1-4-8-16-10/h10,14H,1-9H2,(H2,12,13). The Hall–Kier alpha value is -0.810. The lowest BCUT2D eigenvalue weighted by molar-refractivity contribution is -0.0410. The Balaban J connectivity index is 1.87. The number of nitrogens with zero attached hydrogens (tertiary/aromatic N) is 1. The van der Waals surface area contributed by atoms with Crippen LogP contribution in [0.1, 0.15) is 38.5 Å². The van der Waals surface area contributed by atoms with E-state index in [0.29, 0.717) is 13.0 Å². The van der Waals surface area contributed by atoms with Crippen LogP contribution in [0.2, 0.25) is 0 Å². The van der Waals surface area contributed by atoms with Crippen molar-refractivity contribution in [2.75, 3.05) is 19.8 Å². The van der Waals surface area contributed by atoms with Crippen LogP contribution in [0, 0.1) is 0 Å². The third kappa shape index (κ3) is 5.92. The number of unbranched alkanes of at least 4 members (excludes halogenated alkanes) is 1. The summed E-state index contributed by atoms with van der Waals surface area (Å²) in [7, 11) is 0. The van der Waals surface area contributed by atoms with Crippen molar-refractivity contribution in [2.24, 2.45) is 10.9 Å². The summed E-state index contributed by atoms with van der Waals surface area (Å²) in [6.07, 6.45) is 6.28. The molecule has 1 saturated heterocycles. The van der Waals surface area contributed by atoms with Crippen LogP contribution in [0.25, 0.3) is 0 Å². The highest BCUT2D eigenvalue weighted by molar-refractivity contribution is 5.79.